The van der Waals surface area contributed by atoms with Gasteiger partial charge >= 0.3 is 12.1 Å². The third-order valence-electron chi connectivity index (χ3n) is 4.58. The molecule has 1 N–H and O–H groups in total. The number of halogens is 3. The Morgan fingerprint density at radius 3 is 2.55 bits per heavy atom. The van der Waals surface area contributed by atoms with Crippen LogP contribution < -0.4 is 5.32 Å². The second kappa shape index (κ2) is 9.50. The molecule has 0 aliphatic heterocycles. The Morgan fingerprint density at radius 2 is 1.87 bits per heavy atom. The minimum atomic E-state index is -4.50. The van der Waals surface area contributed by atoms with E-state index in [2.05, 4.69) is 15.2 Å². The summed E-state index contributed by atoms with van der Waals surface area (Å²) in [5.41, 5.74) is -0.423. The molecule has 2 heterocycles. The van der Waals surface area contributed by atoms with Crippen LogP contribution in [0.1, 0.15) is 35.2 Å². The Hall–Kier alpha value is -3.56. The number of ether oxygens (including phenoxy) is 1. The highest BCUT2D eigenvalue weighted by Crippen LogP contribution is 2.31. The quantitative estimate of drug-likeness (QED) is 0.433. The van der Waals surface area contributed by atoms with E-state index in [0.29, 0.717) is 25.2 Å². The second-order valence-electron chi connectivity index (χ2n) is 6.72. The van der Waals surface area contributed by atoms with Crippen molar-refractivity contribution in [3.8, 4) is 11.5 Å². The summed E-state index contributed by atoms with van der Waals surface area (Å²) in [4.78, 5) is 23.9. The molecule has 0 bridgehead atoms. The fourth-order valence-corrected chi connectivity index (χ4v) is 3.02. The zero-order valence-electron chi connectivity index (χ0n) is 16.7. The van der Waals surface area contributed by atoms with E-state index in [4.69, 9.17) is 0 Å². The van der Waals surface area contributed by atoms with Gasteiger partial charge in [-0.05, 0) is 43.2 Å². The standard InChI is InChI=1S/C21H21F3N4O3/c1-31-18(29)9-2-3-10-25-19(30)17-14-26-28(20(17)27-11-4-5-12-27)16-8-6-7-15(13-16)21(22,23)24/h4-8,11-14H,2-3,9-10H2,1H3,(H,25,30). The van der Waals surface area contributed by atoms with Gasteiger partial charge in [0.05, 0.1) is 24.6 Å². The van der Waals surface area contributed by atoms with Gasteiger partial charge in [0, 0.05) is 25.4 Å². The highest BCUT2D eigenvalue weighted by atomic mass is 19.4. The molecule has 0 aliphatic rings. The number of hydrogen-bond acceptors (Lipinski definition) is 4. The van der Waals surface area contributed by atoms with Crippen LogP contribution in [0.2, 0.25) is 0 Å². The van der Waals surface area contributed by atoms with Crippen molar-refractivity contribution in [1.82, 2.24) is 19.7 Å². The van der Waals surface area contributed by atoms with E-state index >= 15 is 0 Å². The number of aromatic nitrogens is 3. The van der Waals surface area contributed by atoms with E-state index < -0.39 is 17.6 Å². The van der Waals surface area contributed by atoms with Gasteiger partial charge in [0.15, 0.2) is 5.82 Å². The van der Waals surface area contributed by atoms with Crippen LogP contribution in [0.5, 0.6) is 0 Å². The SMILES string of the molecule is COC(=O)CCCCNC(=O)c1cnn(-c2cccc(C(F)(F)F)c2)c1-n1cccc1. The zero-order valence-corrected chi connectivity index (χ0v) is 16.7. The third kappa shape index (κ3) is 5.33. The van der Waals surface area contributed by atoms with Gasteiger partial charge in [-0.25, -0.2) is 4.68 Å². The van der Waals surface area contributed by atoms with Gasteiger partial charge < -0.3 is 14.6 Å². The number of hydrogen-bond donors (Lipinski definition) is 1. The molecule has 0 aliphatic carbocycles. The zero-order chi connectivity index (χ0) is 22.4. The first kappa shape index (κ1) is 22.1. The first-order valence-corrected chi connectivity index (χ1v) is 9.55. The number of alkyl halides is 3. The number of nitrogens with one attached hydrogen (secondary N) is 1. The molecule has 0 saturated heterocycles. The van der Waals surface area contributed by atoms with Crippen LogP contribution in [0.15, 0.2) is 55.0 Å². The van der Waals surface area contributed by atoms with Crippen molar-refractivity contribution in [2.24, 2.45) is 0 Å². The minimum absolute atomic E-state index is 0.177. The molecule has 0 saturated carbocycles. The molecular weight excluding hydrogens is 413 g/mol. The van der Waals surface area contributed by atoms with E-state index in [-0.39, 0.29) is 23.6 Å². The number of amides is 1. The van der Waals surface area contributed by atoms with Crippen molar-refractivity contribution in [2.75, 3.05) is 13.7 Å². The van der Waals surface area contributed by atoms with Crippen LogP contribution in [0.4, 0.5) is 13.2 Å². The number of benzene rings is 1. The highest BCUT2D eigenvalue weighted by Gasteiger charge is 2.31. The molecule has 0 unspecified atom stereocenters. The van der Waals surface area contributed by atoms with Crippen molar-refractivity contribution in [2.45, 2.75) is 25.4 Å². The summed E-state index contributed by atoms with van der Waals surface area (Å²) in [7, 11) is 1.31. The van der Waals surface area contributed by atoms with Gasteiger partial charge in [-0.1, -0.05) is 6.07 Å². The number of unbranched alkanes of at least 4 members (excludes halogenated alkanes) is 1. The Morgan fingerprint density at radius 1 is 1.13 bits per heavy atom. The first-order valence-electron chi connectivity index (χ1n) is 9.55. The fraction of sp³-hybridized carbons (Fsp3) is 0.286. The van der Waals surface area contributed by atoms with E-state index in [1.54, 1.807) is 29.1 Å². The number of nitrogens with zero attached hydrogens (tertiary/aromatic N) is 3. The van der Waals surface area contributed by atoms with E-state index in [1.807, 2.05) is 0 Å². The van der Waals surface area contributed by atoms with Crippen LogP contribution in [0.3, 0.4) is 0 Å². The highest BCUT2D eigenvalue weighted by molar-refractivity contribution is 5.97. The molecule has 3 aromatic rings. The van der Waals surface area contributed by atoms with Crippen molar-refractivity contribution >= 4 is 11.9 Å². The maximum Gasteiger partial charge on any atom is 0.416 e. The van der Waals surface area contributed by atoms with E-state index in [9.17, 15) is 22.8 Å². The average Bonchev–Trinajstić information content (AvgIpc) is 3.42. The molecule has 31 heavy (non-hydrogen) atoms. The topological polar surface area (TPSA) is 78.2 Å². The molecule has 0 spiro atoms. The van der Waals surface area contributed by atoms with Crippen LogP contribution in [0, 0.1) is 0 Å². The number of esters is 1. The largest absolute Gasteiger partial charge is 0.469 e. The Bertz CT molecular complexity index is 1040. The summed E-state index contributed by atoms with van der Waals surface area (Å²) in [6.07, 6.45) is 1.56. The van der Waals surface area contributed by atoms with Crippen LogP contribution >= 0.6 is 0 Å². The fourth-order valence-electron chi connectivity index (χ4n) is 3.02. The Labute approximate surface area is 176 Å². The lowest BCUT2D eigenvalue weighted by molar-refractivity contribution is -0.140. The molecule has 10 heteroatoms. The van der Waals surface area contributed by atoms with Gasteiger partial charge in [0.25, 0.3) is 5.91 Å². The van der Waals surface area contributed by atoms with Gasteiger partial charge in [-0.2, -0.15) is 18.3 Å². The molecule has 3 rings (SSSR count). The predicted octanol–water partition coefficient (Wildman–Crippen LogP) is 3.75. The van der Waals surface area contributed by atoms with Gasteiger partial charge in [-0.3, -0.25) is 9.59 Å². The smallest absolute Gasteiger partial charge is 0.416 e. The van der Waals surface area contributed by atoms with Crippen molar-refractivity contribution in [3.05, 3.63) is 66.1 Å². The maximum atomic E-state index is 13.1. The molecule has 0 atom stereocenters. The summed E-state index contributed by atoms with van der Waals surface area (Å²) >= 11 is 0. The average molecular weight is 434 g/mol. The first-order chi connectivity index (χ1) is 14.8. The minimum Gasteiger partial charge on any atom is -0.469 e. The number of carbonyl (C=O) groups is 2. The van der Waals surface area contributed by atoms with Crippen molar-refractivity contribution in [1.29, 1.82) is 0 Å². The number of methoxy groups -OCH3 is 1. The molecule has 1 amide bonds. The normalized spacial score (nSPS) is 11.4. The lowest BCUT2D eigenvalue weighted by atomic mass is 10.2. The number of carbonyl (C=O) groups excluding carboxylic acids is 2. The third-order valence-corrected chi connectivity index (χ3v) is 4.58. The van der Waals surface area contributed by atoms with E-state index in [1.165, 1.54) is 30.1 Å². The molecule has 0 radical (unpaired) electrons. The summed E-state index contributed by atoms with van der Waals surface area (Å²) in [5.74, 6) is -0.417. The Kier molecular flexibility index (Phi) is 6.78. The molecule has 164 valence electrons. The van der Waals surface area contributed by atoms with Crippen molar-refractivity contribution in [3.63, 3.8) is 0 Å². The predicted molar refractivity (Wildman–Crippen MR) is 106 cm³/mol. The van der Waals surface area contributed by atoms with Crippen LogP contribution in [0.25, 0.3) is 11.5 Å². The van der Waals surface area contributed by atoms with E-state index in [0.717, 1.165) is 12.1 Å². The monoisotopic (exact) mass is 434 g/mol. The molecule has 2 aromatic heterocycles. The summed E-state index contributed by atoms with van der Waals surface area (Å²) in [6, 6.07) is 8.21. The molecular formula is C21H21F3N4O3. The molecule has 1 aromatic carbocycles. The van der Waals surface area contributed by atoms with Crippen LogP contribution in [-0.4, -0.2) is 39.9 Å². The maximum absolute atomic E-state index is 13.1. The molecule has 7 nitrogen and oxygen atoms in total. The van der Waals surface area contributed by atoms with Crippen LogP contribution in [-0.2, 0) is 15.7 Å². The van der Waals surface area contributed by atoms with Gasteiger partial charge in [0.1, 0.15) is 5.56 Å². The lowest BCUT2D eigenvalue weighted by Gasteiger charge is -2.13. The summed E-state index contributed by atoms with van der Waals surface area (Å²) in [6.45, 7) is 0.329. The van der Waals surface area contributed by atoms with Gasteiger partial charge in [0.2, 0.25) is 0 Å². The second-order valence-corrected chi connectivity index (χ2v) is 6.72. The lowest BCUT2D eigenvalue weighted by Crippen LogP contribution is -2.25. The number of rotatable bonds is 8. The van der Waals surface area contributed by atoms with Gasteiger partial charge in [-0.15, -0.1) is 0 Å². The van der Waals surface area contributed by atoms with Crippen molar-refractivity contribution < 1.29 is 27.5 Å². The summed E-state index contributed by atoms with van der Waals surface area (Å²) in [5, 5.41) is 6.93. The summed E-state index contributed by atoms with van der Waals surface area (Å²) < 4.78 is 46.9. The Balaban J connectivity index is 1.84. The molecule has 0 fully saturated rings.